The van der Waals surface area contributed by atoms with Crippen LogP contribution in [0.1, 0.15) is 49.1 Å². The van der Waals surface area contributed by atoms with E-state index in [4.69, 9.17) is 0 Å². The van der Waals surface area contributed by atoms with Gasteiger partial charge >= 0.3 is 5.97 Å². The third kappa shape index (κ3) is 2.55. The zero-order valence-corrected chi connectivity index (χ0v) is 12.7. The van der Waals surface area contributed by atoms with Crippen LogP contribution in [-0.2, 0) is 11.2 Å². The van der Waals surface area contributed by atoms with Crippen molar-refractivity contribution in [3.05, 3.63) is 29.1 Å². The number of aliphatic carboxylic acids is 1. The Hall–Kier alpha value is -1.84. The standard InChI is InChI=1S/C17H22N2O2/c1-11-8-12(2)15-13(9-11)18-14(19-15)10-17(16(20)21)6-4-3-5-7-17/h8-9H,3-7,10H2,1-2H3,(H,18,19)(H,20,21). The van der Waals surface area contributed by atoms with E-state index in [1.165, 1.54) is 5.56 Å². The van der Waals surface area contributed by atoms with Crippen LogP contribution >= 0.6 is 0 Å². The van der Waals surface area contributed by atoms with Crippen molar-refractivity contribution in [1.29, 1.82) is 0 Å². The predicted octanol–water partition coefficient (Wildman–Crippen LogP) is 3.76. The first kappa shape index (κ1) is 14.1. The van der Waals surface area contributed by atoms with Gasteiger partial charge in [-0.3, -0.25) is 4.79 Å². The summed E-state index contributed by atoms with van der Waals surface area (Å²) in [4.78, 5) is 19.8. The van der Waals surface area contributed by atoms with E-state index < -0.39 is 11.4 Å². The number of H-pyrrole nitrogens is 1. The summed E-state index contributed by atoms with van der Waals surface area (Å²) in [7, 11) is 0. The van der Waals surface area contributed by atoms with Gasteiger partial charge in [-0.2, -0.15) is 0 Å². The highest BCUT2D eigenvalue weighted by atomic mass is 16.4. The Balaban J connectivity index is 1.96. The van der Waals surface area contributed by atoms with Crippen molar-refractivity contribution in [3.63, 3.8) is 0 Å². The van der Waals surface area contributed by atoms with Gasteiger partial charge in [0.2, 0.25) is 0 Å². The fraction of sp³-hybridized carbons (Fsp3) is 0.529. The van der Waals surface area contributed by atoms with Gasteiger partial charge < -0.3 is 10.1 Å². The van der Waals surface area contributed by atoms with Crippen LogP contribution in [0.3, 0.4) is 0 Å². The molecule has 1 heterocycles. The van der Waals surface area contributed by atoms with Gasteiger partial charge in [-0.25, -0.2) is 4.98 Å². The summed E-state index contributed by atoms with van der Waals surface area (Å²) in [6.45, 7) is 4.11. The second-order valence-corrected chi connectivity index (χ2v) is 6.48. The van der Waals surface area contributed by atoms with E-state index >= 15 is 0 Å². The number of carboxylic acid groups (broad SMARTS) is 1. The molecule has 1 fully saturated rings. The molecule has 112 valence electrons. The molecule has 0 amide bonds. The number of aromatic amines is 1. The highest BCUT2D eigenvalue weighted by Gasteiger charge is 2.40. The van der Waals surface area contributed by atoms with Crippen LogP contribution in [0.15, 0.2) is 12.1 Å². The number of fused-ring (bicyclic) bond motifs is 1. The van der Waals surface area contributed by atoms with Gasteiger partial charge in [-0.05, 0) is 43.9 Å². The molecule has 0 atom stereocenters. The molecule has 0 aliphatic heterocycles. The van der Waals surface area contributed by atoms with E-state index in [-0.39, 0.29) is 0 Å². The summed E-state index contributed by atoms with van der Waals surface area (Å²) in [6.07, 6.45) is 5.19. The molecule has 2 N–H and O–H groups in total. The second-order valence-electron chi connectivity index (χ2n) is 6.48. The molecule has 1 aliphatic rings. The Morgan fingerprint density at radius 1 is 1.29 bits per heavy atom. The molecule has 0 bridgehead atoms. The number of hydrogen-bond acceptors (Lipinski definition) is 2. The summed E-state index contributed by atoms with van der Waals surface area (Å²) >= 11 is 0. The summed E-state index contributed by atoms with van der Waals surface area (Å²) in [5, 5.41) is 9.68. The molecule has 0 radical (unpaired) electrons. The van der Waals surface area contributed by atoms with Crippen molar-refractivity contribution < 1.29 is 9.90 Å². The Bertz CT molecular complexity index is 681. The van der Waals surface area contributed by atoms with Crippen LogP contribution in [0, 0.1) is 19.3 Å². The van der Waals surface area contributed by atoms with E-state index in [0.29, 0.717) is 6.42 Å². The molecule has 0 saturated heterocycles. The third-order valence-corrected chi connectivity index (χ3v) is 4.74. The number of aryl methyl sites for hydroxylation is 2. The first-order valence-corrected chi connectivity index (χ1v) is 7.69. The molecular formula is C17H22N2O2. The summed E-state index contributed by atoms with van der Waals surface area (Å²) in [6, 6.07) is 4.19. The van der Waals surface area contributed by atoms with E-state index in [1.54, 1.807) is 0 Å². The average Bonchev–Trinajstić information content (AvgIpc) is 2.82. The number of imidazole rings is 1. The Morgan fingerprint density at radius 2 is 2.00 bits per heavy atom. The Labute approximate surface area is 124 Å². The van der Waals surface area contributed by atoms with Crippen LogP contribution in [-0.4, -0.2) is 21.0 Å². The maximum Gasteiger partial charge on any atom is 0.310 e. The minimum Gasteiger partial charge on any atom is -0.481 e. The molecule has 0 spiro atoms. The van der Waals surface area contributed by atoms with Crippen molar-refractivity contribution in [2.45, 2.75) is 52.4 Å². The van der Waals surface area contributed by atoms with E-state index in [9.17, 15) is 9.90 Å². The average molecular weight is 286 g/mol. The number of hydrogen-bond donors (Lipinski definition) is 2. The zero-order valence-electron chi connectivity index (χ0n) is 12.7. The highest BCUT2D eigenvalue weighted by molar-refractivity contribution is 5.80. The molecular weight excluding hydrogens is 264 g/mol. The topological polar surface area (TPSA) is 66.0 Å². The molecule has 1 aromatic heterocycles. The van der Waals surface area contributed by atoms with Gasteiger partial charge in [0.25, 0.3) is 0 Å². The Kier molecular flexibility index (Phi) is 3.47. The van der Waals surface area contributed by atoms with Crippen LogP contribution in [0.5, 0.6) is 0 Å². The monoisotopic (exact) mass is 286 g/mol. The molecule has 4 heteroatoms. The number of carboxylic acids is 1. The maximum atomic E-state index is 11.8. The largest absolute Gasteiger partial charge is 0.481 e. The number of benzene rings is 1. The van der Waals surface area contributed by atoms with Crippen LogP contribution in [0.2, 0.25) is 0 Å². The normalized spacial score (nSPS) is 18.0. The second kappa shape index (κ2) is 5.17. The fourth-order valence-corrected chi connectivity index (χ4v) is 3.62. The minimum atomic E-state index is -0.671. The molecule has 1 aliphatic carbocycles. The number of rotatable bonds is 3. The summed E-state index contributed by atoms with van der Waals surface area (Å²) in [5.74, 6) is 0.138. The van der Waals surface area contributed by atoms with Crippen molar-refractivity contribution >= 4 is 17.0 Å². The molecule has 1 saturated carbocycles. The summed E-state index contributed by atoms with van der Waals surface area (Å²) in [5.41, 5.74) is 3.68. The molecule has 21 heavy (non-hydrogen) atoms. The first-order chi connectivity index (χ1) is 10.00. The SMILES string of the molecule is Cc1cc(C)c2nc(CC3(C(=O)O)CCCCC3)[nH]c2c1. The number of nitrogens with zero attached hydrogens (tertiary/aromatic N) is 1. The molecule has 3 rings (SSSR count). The quantitative estimate of drug-likeness (QED) is 0.903. The molecule has 4 nitrogen and oxygen atoms in total. The number of aromatic nitrogens is 2. The van der Waals surface area contributed by atoms with Crippen molar-refractivity contribution in [2.75, 3.05) is 0 Å². The fourth-order valence-electron chi connectivity index (χ4n) is 3.62. The lowest BCUT2D eigenvalue weighted by Gasteiger charge is -2.32. The van der Waals surface area contributed by atoms with Crippen molar-refractivity contribution in [3.8, 4) is 0 Å². The third-order valence-electron chi connectivity index (χ3n) is 4.74. The minimum absolute atomic E-state index is 0.509. The van der Waals surface area contributed by atoms with E-state index in [0.717, 1.165) is 54.5 Å². The smallest absolute Gasteiger partial charge is 0.310 e. The van der Waals surface area contributed by atoms with Crippen molar-refractivity contribution in [1.82, 2.24) is 9.97 Å². The molecule has 0 unspecified atom stereocenters. The first-order valence-electron chi connectivity index (χ1n) is 7.69. The lowest BCUT2D eigenvalue weighted by molar-refractivity contribution is -0.151. The lowest BCUT2D eigenvalue weighted by Crippen LogP contribution is -2.35. The van der Waals surface area contributed by atoms with E-state index in [1.807, 2.05) is 6.92 Å². The van der Waals surface area contributed by atoms with Gasteiger partial charge in [0.1, 0.15) is 5.82 Å². The maximum absolute atomic E-state index is 11.8. The van der Waals surface area contributed by atoms with E-state index in [2.05, 4.69) is 29.0 Å². The summed E-state index contributed by atoms with van der Waals surface area (Å²) < 4.78 is 0. The van der Waals surface area contributed by atoms with Crippen LogP contribution in [0.25, 0.3) is 11.0 Å². The highest BCUT2D eigenvalue weighted by Crippen LogP contribution is 2.39. The predicted molar refractivity (Wildman–Crippen MR) is 82.4 cm³/mol. The molecule has 1 aromatic carbocycles. The lowest BCUT2D eigenvalue weighted by atomic mass is 9.72. The van der Waals surface area contributed by atoms with Crippen molar-refractivity contribution in [2.24, 2.45) is 5.41 Å². The molecule has 2 aromatic rings. The van der Waals surface area contributed by atoms with Gasteiger partial charge in [0.05, 0.1) is 16.4 Å². The van der Waals surface area contributed by atoms with Gasteiger partial charge in [0, 0.05) is 6.42 Å². The number of nitrogens with one attached hydrogen (secondary N) is 1. The van der Waals surface area contributed by atoms with Gasteiger partial charge in [-0.1, -0.05) is 25.3 Å². The van der Waals surface area contributed by atoms with Crippen LogP contribution in [0.4, 0.5) is 0 Å². The Morgan fingerprint density at radius 3 is 2.67 bits per heavy atom. The van der Waals surface area contributed by atoms with Gasteiger partial charge in [0.15, 0.2) is 0 Å². The van der Waals surface area contributed by atoms with Crippen LogP contribution < -0.4 is 0 Å². The number of carbonyl (C=O) groups is 1. The van der Waals surface area contributed by atoms with Gasteiger partial charge in [-0.15, -0.1) is 0 Å². The zero-order chi connectivity index (χ0) is 15.0.